The molecule has 76 valence electrons. The fraction of sp³-hybridized carbons (Fsp3) is 0.125. The lowest BCUT2D eigenvalue weighted by atomic mass is 10.1. The van der Waals surface area contributed by atoms with E-state index in [-0.39, 0.29) is 5.56 Å². The third-order valence-corrected chi connectivity index (χ3v) is 2.78. The zero-order valence-corrected chi connectivity index (χ0v) is 8.23. The van der Waals surface area contributed by atoms with E-state index in [1.165, 1.54) is 19.1 Å². The van der Waals surface area contributed by atoms with Gasteiger partial charge >= 0.3 is 13.6 Å². The molecule has 0 spiro atoms. The lowest BCUT2D eigenvalue weighted by Crippen LogP contribution is -2.17. The van der Waals surface area contributed by atoms with Crippen LogP contribution in [0.1, 0.15) is 15.9 Å². The Kier molecular flexibility index (Phi) is 2.76. The van der Waals surface area contributed by atoms with Gasteiger partial charge in [-0.1, -0.05) is 12.1 Å². The van der Waals surface area contributed by atoms with Gasteiger partial charge in [0.1, 0.15) is 0 Å². The van der Waals surface area contributed by atoms with Crippen LogP contribution in [0, 0.1) is 6.92 Å². The topological polar surface area (TPSA) is 94.8 Å². The SMILES string of the molecule is Cc1cccc(P(=O)(O)O)c1C(=O)O. The molecule has 0 aliphatic heterocycles. The van der Waals surface area contributed by atoms with Gasteiger partial charge < -0.3 is 14.9 Å². The molecule has 5 nitrogen and oxygen atoms in total. The van der Waals surface area contributed by atoms with Crippen molar-refractivity contribution >= 4 is 18.9 Å². The summed E-state index contributed by atoms with van der Waals surface area (Å²) in [6.45, 7) is 1.49. The molecule has 0 heterocycles. The molecule has 0 aliphatic carbocycles. The second-order valence-electron chi connectivity index (χ2n) is 2.82. The second-order valence-corrected chi connectivity index (χ2v) is 4.39. The number of carboxylic acids is 1. The number of benzene rings is 1. The van der Waals surface area contributed by atoms with E-state index in [0.29, 0.717) is 5.56 Å². The van der Waals surface area contributed by atoms with E-state index in [1.807, 2.05) is 0 Å². The number of aromatic carboxylic acids is 1. The van der Waals surface area contributed by atoms with E-state index in [2.05, 4.69) is 0 Å². The van der Waals surface area contributed by atoms with Crippen LogP contribution in [0.25, 0.3) is 0 Å². The molecule has 14 heavy (non-hydrogen) atoms. The van der Waals surface area contributed by atoms with Gasteiger partial charge in [0, 0.05) is 0 Å². The average molecular weight is 216 g/mol. The van der Waals surface area contributed by atoms with Crippen molar-refractivity contribution in [3.05, 3.63) is 29.3 Å². The highest BCUT2D eigenvalue weighted by molar-refractivity contribution is 7.60. The van der Waals surface area contributed by atoms with E-state index in [9.17, 15) is 9.36 Å². The maximum atomic E-state index is 10.9. The van der Waals surface area contributed by atoms with Gasteiger partial charge in [0.2, 0.25) is 0 Å². The summed E-state index contributed by atoms with van der Waals surface area (Å²) in [5, 5.41) is 8.33. The van der Waals surface area contributed by atoms with Gasteiger partial charge in [-0.3, -0.25) is 4.57 Å². The summed E-state index contributed by atoms with van der Waals surface area (Å²) in [7, 11) is -4.52. The Morgan fingerprint density at radius 1 is 1.36 bits per heavy atom. The molecule has 0 aromatic heterocycles. The smallest absolute Gasteiger partial charge is 0.357 e. The van der Waals surface area contributed by atoms with Crippen LogP contribution < -0.4 is 5.30 Å². The molecule has 3 N–H and O–H groups in total. The monoisotopic (exact) mass is 216 g/mol. The molecule has 0 amide bonds. The molecule has 6 heteroatoms. The third kappa shape index (κ3) is 2.01. The third-order valence-electron chi connectivity index (χ3n) is 1.78. The van der Waals surface area contributed by atoms with Gasteiger partial charge in [-0.25, -0.2) is 4.79 Å². The van der Waals surface area contributed by atoms with Gasteiger partial charge in [0.15, 0.2) is 0 Å². The van der Waals surface area contributed by atoms with E-state index in [1.54, 1.807) is 0 Å². The van der Waals surface area contributed by atoms with Crippen molar-refractivity contribution in [2.75, 3.05) is 0 Å². The minimum absolute atomic E-state index is 0.319. The molecule has 0 unspecified atom stereocenters. The summed E-state index contributed by atoms with van der Waals surface area (Å²) in [5.41, 5.74) is 0.0131. The molecule has 1 aromatic rings. The van der Waals surface area contributed by atoms with Crippen LogP contribution in [0.15, 0.2) is 18.2 Å². The van der Waals surface area contributed by atoms with Crippen LogP contribution in [0.3, 0.4) is 0 Å². The van der Waals surface area contributed by atoms with Crippen molar-refractivity contribution in [2.45, 2.75) is 6.92 Å². The predicted octanol–water partition coefficient (Wildman–Crippen LogP) is 0.496. The first-order valence-corrected chi connectivity index (χ1v) is 5.34. The van der Waals surface area contributed by atoms with Crippen LogP contribution in [-0.4, -0.2) is 20.9 Å². The molecule has 0 radical (unpaired) electrons. The number of carboxylic acid groups (broad SMARTS) is 1. The predicted molar refractivity (Wildman–Crippen MR) is 49.8 cm³/mol. The summed E-state index contributed by atoms with van der Waals surface area (Å²) in [6, 6.07) is 4.02. The molecule has 0 fully saturated rings. The zero-order valence-electron chi connectivity index (χ0n) is 7.34. The van der Waals surface area contributed by atoms with Crippen LogP contribution in [0.4, 0.5) is 0 Å². The molecule has 0 bridgehead atoms. The normalized spacial score (nSPS) is 11.4. The fourth-order valence-corrected chi connectivity index (χ4v) is 2.02. The largest absolute Gasteiger partial charge is 0.478 e. The summed E-state index contributed by atoms with van der Waals surface area (Å²) in [6.07, 6.45) is 0. The Bertz CT molecular complexity index is 420. The standard InChI is InChI=1S/C8H9O5P/c1-5-3-2-4-6(14(11,12)13)7(5)8(9)10/h2-4H,1H3,(H,9,10)(H2,11,12,13). The van der Waals surface area contributed by atoms with Crippen molar-refractivity contribution in [3.63, 3.8) is 0 Å². The van der Waals surface area contributed by atoms with Crippen LogP contribution in [0.5, 0.6) is 0 Å². The lowest BCUT2D eigenvalue weighted by molar-refractivity contribution is 0.0697. The number of aryl methyl sites for hydroxylation is 1. The minimum Gasteiger partial charge on any atom is -0.478 e. The molecule has 0 aliphatic rings. The first-order valence-electron chi connectivity index (χ1n) is 3.73. The number of hydrogen-bond donors (Lipinski definition) is 3. The molecular weight excluding hydrogens is 207 g/mol. The van der Waals surface area contributed by atoms with Crippen LogP contribution in [-0.2, 0) is 4.57 Å². The Morgan fingerprint density at radius 2 is 1.93 bits per heavy atom. The zero-order chi connectivity index (χ0) is 10.9. The van der Waals surface area contributed by atoms with Crippen molar-refractivity contribution in [3.8, 4) is 0 Å². The number of carbonyl (C=O) groups is 1. The minimum atomic E-state index is -4.52. The molecular formula is C8H9O5P. The Morgan fingerprint density at radius 3 is 2.29 bits per heavy atom. The molecule has 1 aromatic carbocycles. The molecule has 0 saturated carbocycles. The van der Waals surface area contributed by atoms with Crippen LogP contribution in [0.2, 0.25) is 0 Å². The highest BCUT2D eigenvalue weighted by Crippen LogP contribution is 2.35. The molecule has 1 rings (SSSR count). The Hall–Kier alpha value is -1.16. The molecule has 0 saturated heterocycles. The van der Waals surface area contributed by atoms with Gasteiger partial charge in [-0.15, -0.1) is 0 Å². The van der Waals surface area contributed by atoms with E-state index in [0.717, 1.165) is 6.07 Å². The van der Waals surface area contributed by atoms with Crippen molar-refractivity contribution in [2.24, 2.45) is 0 Å². The highest BCUT2D eigenvalue weighted by atomic mass is 31.2. The van der Waals surface area contributed by atoms with Crippen molar-refractivity contribution in [1.82, 2.24) is 0 Å². The van der Waals surface area contributed by atoms with Gasteiger partial charge in [-0.05, 0) is 18.6 Å². The first kappa shape index (κ1) is 10.9. The maximum absolute atomic E-state index is 10.9. The Balaban J connectivity index is 3.52. The number of hydrogen-bond acceptors (Lipinski definition) is 2. The first-order chi connectivity index (χ1) is 6.34. The highest BCUT2D eigenvalue weighted by Gasteiger charge is 2.25. The quantitative estimate of drug-likeness (QED) is 0.625. The lowest BCUT2D eigenvalue weighted by Gasteiger charge is -2.09. The van der Waals surface area contributed by atoms with E-state index in [4.69, 9.17) is 14.9 Å². The van der Waals surface area contributed by atoms with E-state index >= 15 is 0 Å². The van der Waals surface area contributed by atoms with Crippen molar-refractivity contribution < 1.29 is 24.3 Å². The van der Waals surface area contributed by atoms with Gasteiger partial charge in [-0.2, -0.15) is 0 Å². The van der Waals surface area contributed by atoms with E-state index < -0.39 is 18.9 Å². The summed E-state index contributed by atoms with van der Waals surface area (Å²) >= 11 is 0. The van der Waals surface area contributed by atoms with Gasteiger partial charge in [0.05, 0.1) is 10.9 Å². The average Bonchev–Trinajstić information content (AvgIpc) is 2.01. The molecule has 0 atom stereocenters. The summed E-state index contributed by atoms with van der Waals surface area (Å²) in [4.78, 5) is 28.5. The Labute approximate surface area is 80.2 Å². The van der Waals surface area contributed by atoms with Crippen molar-refractivity contribution in [1.29, 1.82) is 0 Å². The van der Waals surface area contributed by atoms with Gasteiger partial charge in [0.25, 0.3) is 0 Å². The fourth-order valence-electron chi connectivity index (χ4n) is 1.17. The summed E-state index contributed by atoms with van der Waals surface area (Å²) < 4.78 is 10.9. The second kappa shape index (κ2) is 3.53. The number of rotatable bonds is 2. The summed E-state index contributed by atoms with van der Waals surface area (Å²) in [5.74, 6) is -1.33. The van der Waals surface area contributed by atoms with Crippen LogP contribution >= 0.6 is 7.60 Å². The maximum Gasteiger partial charge on any atom is 0.357 e.